The largest absolute Gasteiger partial charge is 0.454 e. The molecule has 2 heterocycles. The van der Waals surface area contributed by atoms with E-state index in [9.17, 15) is 14.5 Å². The van der Waals surface area contributed by atoms with Crippen molar-refractivity contribution in [3.63, 3.8) is 0 Å². The van der Waals surface area contributed by atoms with Crippen LogP contribution in [0.2, 0.25) is 10.0 Å². The Morgan fingerprint density at radius 3 is 2.54 bits per heavy atom. The quantitative estimate of drug-likeness (QED) is 0.169. The van der Waals surface area contributed by atoms with Crippen LogP contribution in [-0.2, 0) is 0 Å². The molecule has 0 atom stereocenters. The van der Waals surface area contributed by atoms with Crippen LogP contribution in [-0.4, -0.2) is 22.6 Å². The molecule has 4 aromatic rings. The monoisotopic (exact) mass is 530 g/mol. The molecule has 0 saturated carbocycles. The molecule has 0 unspecified atom stereocenters. The van der Waals surface area contributed by atoms with Crippen molar-refractivity contribution >= 4 is 52.1 Å². The molecule has 0 N–H and O–H groups in total. The van der Waals surface area contributed by atoms with E-state index < -0.39 is 4.92 Å². The van der Waals surface area contributed by atoms with E-state index in [0.717, 1.165) is 0 Å². The molecule has 0 aliphatic carbocycles. The maximum Gasteiger partial charge on any atom is 0.282 e. The van der Waals surface area contributed by atoms with E-state index in [1.54, 1.807) is 23.6 Å². The first-order chi connectivity index (χ1) is 16.9. The zero-order valence-electron chi connectivity index (χ0n) is 17.5. The van der Waals surface area contributed by atoms with Crippen LogP contribution in [0.15, 0.2) is 70.1 Å². The van der Waals surface area contributed by atoms with Crippen LogP contribution in [0.3, 0.4) is 0 Å². The van der Waals surface area contributed by atoms with E-state index in [1.165, 1.54) is 58.6 Å². The number of benzene rings is 3. The third-order valence-electron chi connectivity index (χ3n) is 4.97. The van der Waals surface area contributed by atoms with Crippen LogP contribution in [0.25, 0.3) is 11.3 Å². The predicted molar refractivity (Wildman–Crippen MR) is 132 cm³/mol. The average molecular weight is 531 g/mol. The molecule has 0 bridgehead atoms. The van der Waals surface area contributed by atoms with Gasteiger partial charge in [-0.3, -0.25) is 10.1 Å². The number of hydrogen-bond donors (Lipinski definition) is 0. The lowest BCUT2D eigenvalue weighted by molar-refractivity contribution is -0.385. The zero-order chi connectivity index (χ0) is 24.5. The Hall–Kier alpha value is -3.73. The first-order valence-corrected chi connectivity index (χ1v) is 11.6. The van der Waals surface area contributed by atoms with Crippen LogP contribution in [0.4, 0.5) is 15.8 Å². The number of nitrogens with zero attached hydrogens (tertiary/aromatic N) is 4. The molecular formula is C23H13Cl2FN4O4S. The topological polar surface area (TPSA) is 91.2 Å². The van der Waals surface area contributed by atoms with Gasteiger partial charge in [0.05, 0.1) is 39.2 Å². The third-order valence-corrected chi connectivity index (χ3v) is 6.34. The predicted octanol–water partition coefficient (Wildman–Crippen LogP) is 6.41. The number of fused-ring (bicyclic) bond motifs is 1. The highest BCUT2D eigenvalue weighted by atomic mass is 35.5. The van der Waals surface area contributed by atoms with Gasteiger partial charge in [-0.05, 0) is 48.5 Å². The number of halogens is 3. The van der Waals surface area contributed by atoms with E-state index in [2.05, 4.69) is 10.1 Å². The number of nitro benzene ring substituents is 1. The van der Waals surface area contributed by atoms with Gasteiger partial charge in [0.1, 0.15) is 5.82 Å². The van der Waals surface area contributed by atoms with Crippen molar-refractivity contribution in [1.29, 1.82) is 0 Å². The first kappa shape index (κ1) is 23.0. The summed E-state index contributed by atoms with van der Waals surface area (Å²) in [5, 5.41) is 18.8. The molecule has 0 spiro atoms. The SMILES string of the molecule is O=[N+]([O-])c1cc2c(cc1C=Nn1c(-c3ccc(Cl)cc3Cl)csc1=Nc1ccc(F)cc1)OCO2. The Kier molecular flexibility index (Phi) is 6.25. The molecule has 1 aromatic heterocycles. The fraction of sp³-hybridized carbons (Fsp3) is 0.0435. The second-order valence-electron chi connectivity index (χ2n) is 7.19. The Morgan fingerprint density at radius 2 is 1.83 bits per heavy atom. The Balaban J connectivity index is 1.67. The summed E-state index contributed by atoms with van der Waals surface area (Å²) in [5.74, 6) is 0.284. The summed E-state index contributed by atoms with van der Waals surface area (Å²) in [6.45, 7) is -0.0216. The second kappa shape index (κ2) is 9.49. The molecule has 5 rings (SSSR count). The molecule has 0 radical (unpaired) electrons. The van der Waals surface area contributed by atoms with E-state index in [4.69, 9.17) is 32.7 Å². The molecule has 176 valence electrons. The highest BCUT2D eigenvalue weighted by Crippen LogP contribution is 2.37. The maximum absolute atomic E-state index is 13.3. The first-order valence-electron chi connectivity index (χ1n) is 9.98. The molecule has 0 saturated heterocycles. The van der Waals surface area contributed by atoms with E-state index >= 15 is 0 Å². The number of hydrogen-bond acceptors (Lipinski definition) is 7. The van der Waals surface area contributed by atoms with E-state index in [-0.39, 0.29) is 29.6 Å². The Morgan fingerprint density at radius 1 is 1.09 bits per heavy atom. The molecule has 1 aliphatic heterocycles. The van der Waals surface area contributed by atoms with Crippen LogP contribution in [0.5, 0.6) is 11.5 Å². The standard InChI is InChI=1S/C23H13Cl2FN4O4S/c24-14-1-6-17(18(25)8-14)20-11-35-23(28-16-4-2-15(26)3-5-16)29(20)27-10-13-7-21-22(34-12-33-21)9-19(13)30(31)32/h1-11H,12H2. The summed E-state index contributed by atoms with van der Waals surface area (Å²) < 4.78 is 25.4. The summed E-state index contributed by atoms with van der Waals surface area (Å²) in [5.41, 5.74) is 1.72. The Labute approximate surface area is 211 Å². The van der Waals surface area contributed by atoms with Gasteiger partial charge in [-0.15, -0.1) is 11.3 Å². The normalized spacial score (nSPS) is 13.1. The van der Waals surface area contributed by atoms with E-state index in [1.807, 2.05) is 0 Å². The highest BCUT2D eigenvalue weighted by Gasteiger charge is 2.23. The highest BCUT2D eigenvalue weighted by molar-refractivity contribution is 7.07. The van der Waals surface area contributed by atoms with Crippen molar-refractivity contribution in [2.75, 3.05) is 6.79 Å². The fourth-order valence-corrected chi connectivity index (χ4v) is 4.68. The number of rotatable bonds is 5. The van der Waals surface area contributed by atoms with Gasteiger partial charge < -0.3 is 9.47 Å². The van der Waals surface area contributed by atoms with Gasteiger partial charge in [0, 0.05) is 16.0 Å². The van der Waals surface area contributed by atoms with Crippen LogP contribution < -0.4 is 14.3 Å². The summed E-state index contributed by atoms with van der Waals surface area (Å²) in [6, 6.07) is 13.5. The van der Waals surface area contributed by atoms with Gasteiger partial charge in [-0.1, -0.05) is 23.2 Å². The lowest BCUT2D eigenvalue weighted by Gasteiger charge is -2.07. The van der Waals surface area contributed by atoms with Gasteiger partial charge in [0.15, 0.2) is 11.5 Å². The van der Waals surface area contributed by atoms with Crippen LogP contribution in [0.1, 0.15) is 5.56 Å². The second-order valence-corrected chi connectivity index (χ2v) is 8.87. The Bertz CT molecular complexity index is 1550. The minimum Gasteiger partial charge on any atom is -0.454 e. The molecule has 0 fully saturated rings. The van der Waals surface area contributed by atoms with Gasteiger partial charge in [0.2, 0.25) is 11.6 Å². The minimum absolute atomic E-state index is 0.0216. The molecule has 12 heteroatoms. The van der Waals surface area contributed by atoms with Crippen molar-refractivity contribution in [2.24, 2.45) is 10.1 Å². The van der Waals surface area contributed by atoms with Crippen LogP contribution in [0, 0.1) is 15.9 Å². The summed E-state index contributed by atoms with van der Waals surface area (Å²) >= 11 is 13.8. The molecule has 35 heavy (non-hydrogen) atoms. The minimum atomic E-state index is -0.525. The fourth-order valence-electron chi connectivity index (χ4n) is 3.33. The molecule has 0 amide bonds. The van der Waals surface area contributed by atoms with E-state index in [0.29, 0.717) is 37.5 Å². The number of nitro groups is 1. The molecule has 1 aliphatic rings. The third kappa shape index (κ3) is 4.76. The van der Waals surface area contributed by atoms with Crippen molar-refractivity contribution in [3.8, 4) is 22.8 Å². The van der Waals surface area contributed by atoms with Gasteiger partial charge >= 0.3 is 0 Å². The number of ether oxygens (including phenoxy) is 2. The average Bonchev–Trinajstić information content (AvgIpc) is 3.45. The van der Waals surface area contributed by atoms with Gasteiger partial charge in [0.25, 0.3) is 5.69 Å². The van der Waals surface area contributed by atoms with Gasteiger partial charge in [-0.2, -0.15) is 5.10 Å². The lowest BCUT2D eigenvalue weighted by Crippen LogP contribution is -2.12. The summed E-state index contributed by atoms with van der Waals surface area (Å²) in [4.78, 5) is 16.1. The lowest BCUT2D eigenvalue weighted by atomic mass is 10.1. The molecule has 3 aromatic carbocycles. The number of aromatic nitrogens is 1. The molecule has 8 nitrogen and oxygen atoms in total. The smallest absolute Gasteiger partial charge is 0.282 e. The maximum atomic E-state index is 13.3. The zero-order valence-corrected chi connectivity index (χ0v) is 19.9. The number of thiazole rings is 1. The van der Waals surface area contributed by atoms with Crippen molar-refractivity contribution in [1.82, 2.24) is 4.68 Å². The summed E-state index contributed by atoms with van der Waals surface area (Å²) in [7, 11) is 0. The van der Waals surface area contributed by atoms with Gasteiger partial charge in [-0.25, -0.2) is 14.1 Å². The van der Waals surface area contributed by atoms with Crippen molar-refractivity contribution in [2.45, 2.75) is 0 Å². The van der Waals surface area contributed by atoms with Crippen molar-refractivity contribution < 1.29 is 18.8 Å². The van der Waals surface area contributed by atoms with Crippen LogP contribution >= 0.6 is 34.5 Å². The van der Waals surface area contributed by atoms with Crippen molar-refractivity contribution in [3.05, 3.63) is 96.3 Å². The molecular weight excluding hydrogens is 518 g/mol. The summed E-state index contributed by atoms with van der Waals surface area (Å²) in [6.07, 6.45) is 1.34.